The minimum absolute atomic E-state index is 0.259. The zero-order chi connectivity index (χ0) is 39.1. The van der Waals surface area contributed by atoms with E-state index in [1.807, 2.05) is 0 Å². The summed E-state index contributed by atoms with van der Waals surface area (Å²) in [7, 11) is 0. The van der Waals surface area contributed by atoms with Gasteiger partial charge in [-0.3, -0.25) is 4.79 Å². The van der Waals surface area contributed by atoms with Gasteiger partial charge in [0.05, 0.1) is 25.4 Å². The number of carbonyl (C=O) groups excluding carboxylic acids is 1. The van der Waals surface area contributed by atoms with Gasteiger partial charge < -0.3 is 50.5 Å². The van der Waals surface area contributed by atoms with Crippen molar-refractivity contribution in [3.8, 4) is 0 Å². The molecule has 0 aromatic heterocycles. The smallest absolute Gasteiger partial charge is 0.249 e. The maximum absolute atomic E-state index is 13.0. The number of hydrogen-bond donors (Lipinski definition) is 8. The predicted molar refractivity (Wildman–Crippen MR) is 210 cm³/mol. The molecule has 1 aliphatic rings. The summed E-state index contributed by atoms with van der Waals surface area (Å²) in [6.07, 6.45) is 22.8. The van der Waals surface area contributed by atoms with Crippen LogP contribution in [0.2, 0.25) is 0 Å². The van der Waals surface area contributed by atoms with Gasteiger partial charge in [0.25, 0.3) is 0 Å². The Morgan fingerprint density at radius 2 is 1.21 bits per heavy atom. The third-order valence-corrected chi connectivity index (χ3v) is 10.3. The van der Waals surface area contributed by atoms with Crippen molar-refractivity contribution in [2.75, 3.05) is 13.2 Å². The number of unbranched alkanes of at least 4 members (excludes halogenated alkanes) is 18. The predicted octanol–water partition coefficient (Wildman–Crippen LogP) is 5.89. The van der Waals surface area contributed by atoms with Crippen LogP contribution >= 0.6 is 0 Å². The van der Waals surface area contributed by atoms with Gasteiger partial charge in [-0.15, -0.1) is 0 Å². The van der Waals surface area contributed by atoms with Crippen LogP contribution in [-0.4, -0.2) is 110 Å². The van der Waals surface area contributed by atoms with E-state index in [1.165, 1.54) is 64.2 Å². The molecule has 1 heterocycles. The topological polar surface area (TPSA) is 189 Å². The summed E-state index contributed by atoms with van der Waals surface area (Å²) in [5.41, 5.74) is 0. The van der Waals surface area contributed by atoms with Crippen molar-refractivity contribution in [3.05, 3.63) is 24.3 Å². The van der Waals surface area contributed by atoms with Crippen LogP contribution in [0.3, 0.4) is 0 Å². The van der Waals surface area contributed by atoms with Crippen molar-refractivity contribution < 1.29 is 50.0 Å². The molecule has 312 valence electrons. The first kappa shape index (κ1) is 49.6. The normalized spacial score (nSPS) is 23.1. The van der Waals surface area contributed by atoms with E-state index in [9.17, 15) is 40.5 Å². The molecule has 1 rings (SSSR count). The highest BCUT2D eigenvalue weighted by molar-refractivity contribution is 5.80. The molecule has 0 spiro atoms. The Balaban J connectivity index is 2.36. The standard InChI is InChI=1S/C42H79NO10/c1-3-5-7-9-11-12-13-14-15-16-17-18-19-20-21-22-23-24-26-28-30-35(46)41(51)43-33(37(47)34(45)29-27-25-10-8-6-4-2)32-52-42-40(50)39(49)38(48)36(31-44)53-42/h5,7,11-12,33-40,42,44-50H,3-4,6,8-10,13-32H2,1-2H3,(H,43,51)/b7-5-,12-11-. The lowest BCUT2D eigenvalue weighted by Gasteiger charge is -2.40. The molecule has 0 aromatic carbocycles. The molecular weight excluding hydrogens is 678 g/mol. The second kappa shape index (κ2) is 32.8. The molecule has 1 saturated heterocycles. The third kappa shape index (κ3) is 23.3. The second-order valence-electron chi connectivity index (χ2n) is 15.0. The second-order valence-corrected chi connectivity index (χ2v) is 15.0. The van der Waals surface area contributed by atoms with Crippen LogP contribution < -0.4 is 5.32 Å². The summed E-state index contributed by atoms with van der Waals surface area (Å²) < 4.78 is 11.0. The number of hydrogen-bond acceptors (Lipinski definition) is 10. The van der Waals surface area contributed by atoms with E-state index in [1.54, 1.807) is 0 Å². The Bertz CT molecular complexity index is 918. The van der Waals surface area contributed by atoms with Crippen LogP contribution in [0.15, 0.2) is 24.3 Å². The number of ether oxygens (including phenoxy) is 2. The summed E-state index contributed by atoms with van der Waals surface area (Å²) in [4.78, 5) is 13.0. The van der Waals surface area contributed by atoms with E-state index in [-0.39, 0.29) is 6.42 Å². The van der Waals surface area contributed by atoms with Crippen LogP contribution in [-0.2, 0) is 14.3 Å². The Morgan fingerprint density at radius 1 is 0.679 bits per heavy atom. The maximum Gasteiger partial charge on any atom is 0.249 e. The number of nitrogens with one attached hydrogen (secondary N) is 1. The molecule has 0 bridgehead atoms. The molecule has 1 fully saturated rings. The van der Waals surface area contributed by atoms with Gasteiger partial charge in [-0.25, -0.2) is 0 Å². The van der Waals surface area contributed by atoms with Crippen LogP contribution in [0.5, 0.6) is 0 Å². The van der Waals surface area contributed by atoms with E-state index in [0.717, 1.165) is 64.2 Å². The first-order valence-electron chi connectivity index (χ1n) is 21.2. The van der Waals surface area contributed by atoms with Crippen LogP contribution in [0, 0.1) is 0 Å². The van der Waals surface area contributed by atoms with Gasteiger partial charge in [0.1, 0.15) is 36.6 Å². The zero-order valence-electron chi connectivity index (χ0n) is 33.2. The molecule has 1 amide bonds. The summed E-state index contributed by atoms with van der Waals surface area (Å²) >= 11 is 0. The fourth-order valence-corrected chi connectivity index (χ4v) is 6.71. The molecule has 53 heavy (non-hydrogen) atoms. The molecule has 0 aliphatic carbocycles. The number of carbonyl (C=O) groups is 1. The maximum atomic E-state index is 13.0. The Hall–Kier alpha value is -1.41. The first-order valence-corrected chi connectivity index (χ1v) is 21.2. The summed E-state index contributed by atoms with van der Waals surface area (Å²) in [6, 6.07) is -1.16. The van der Waals surface area contributed by atoms with E-state index in [0.29, 0.717) is 19.3 Å². The van der Waals surface area contributed by atoms with Gasteiger partial charge in [0.2, 0.25) is 5.91 Å². The molecule has 11 heteroatoms. The molecule has 9 atom stereocenters. The van der Waals surface area contributed by atoms with Crippen molar-refractivity contribution in [1.29, 1.82) is 0 Å². The van der Waals surface area contributed by atoms with E-state index in [4.69, 9.17) is 9.47 Å². The van der Waals surface area contributed by atoms with Gasteiger partial charge in [-0.2, -0.15) is 0 Å². The monoisotopic (exact) mass is 758 g/mol. The van der Waals surface area contributed by atoms with Gasteiger partial charge in [0.15, 0.2) is 6.29 Å². The van der Waals surface area contributed by atoms with Crippen LogP contribution in [0.4, 0.5) is 0 Å². The Morgan fingerprint density at radius 3 is 1.77 bits per heavy atom. The average Bonchev–Trinajstić information content (AvgIpc) is 3.16. The number of amides is 1. The van der Waals surface area contributed by atoms with Gasteiger partial charge >= 0.3 is 0 Å². The Labute approximate surface area is 321 Å². The van der Waals surface area contributed by atoms with Crippen molar-refractivity contribution in [2.45, 2.75) is 223 Å². The summed E-state index contributed by atoms with van der Waals surface area (Å²) in [6.45, 7) is 3.24. The number of allylic oxidation sites excluding steroid dienone is 4. The minimum atomic E-state index is -1.66. The fraction of sp³-hybridized carbons (Fsp3) is 0.881. The van der Waals surface area contributed by atoms with Gasteiger partial charge in [-0.1, -0.05) is 154 Å². The molecule has 0 aromatic rings. The highest BCUT2D eigenvalue weighted by atomic mass is 16.7. The molecule has 1 aliphatic heterocycles. The van der Waals surface area contributed by atoms with Crippen molar-refractivity contribution in [2.24, 2.45) is 0 Å². The zero-order valence-corrected chi connectivity index (χ0v) is 33.2. The number of aliphatic hydroxyl groups excluding tert-OH is 7. The lowest BCUT2D eigenvalue weighted by molar-refractivity contribution is -0.303. The number of aliphatic hydroxyl groups is 7. The summed E-state index contributed by atoms with van der Waals surface area (Å²) in [5, 5.41) is 75.0. The quantitative estimate of drug-likeness (QED) is 0.0291. The molecule has 9 unspecified atom stereocenters. The third-order valence-electron chi connectivity index (χ3n) is 10.3. The lowest BCUT2D eigenvalue weighted by Crippen LogP contribution is -2.60. The molecule has 0 saturated carbocycles. The van der Waals surface area contributed by atoms with E-state index < -0.39 is 74.2 Å². The van der Waals surface area contributed by atoms with Crippen LogP contribution in [0.25, 0.3) is 0 Å². The summed E-state index contributed by atoms with van der Waals surface area (Å²) in [5.74, 6) is -0.703. The fourth-order valence-electron chi connectivity index (χ4n) is 6.71. The van der Waals surface area contributed by atoms with E-state index in [2.05, 4.69) is 43.5 Å². The van der Waals surface area contributed by atoms with Crippen molar-refractivity contribution in [1.82, 2.24) is 5.32 Å². The highest BCUT2D eigenvalue weighted by Crippen LogP contribution is 2.23. The largest absolute Gasteiger partial charge is 0.394 e. The van der Waals surface area contributed by atoms with Crippen LogP contribution in [0.1, 0.15) is 168 Å². The van der Waals surface area contributed by atoms with Crippen molar-refractivity contribution >= 4 is 5.91 Å². The lowest BCUT2D eigenvalue weighted by atomic mass is 9.98. The SMILES string of the molecule is CC/C=C\C/C=C\CCCCCCCCCCCCCCCC(O)C(=O)NC(COC1OC(CO)C(O)C(O)C1O)C(O)C(O)CCCCCCCC. The molecular formula is C42H79NO10. The molecule has 8 N–H and O–H groups in total. The Kier molecular flexibility index (Phi) is 30.7. The van der Waals surface area contributed by atoms with E-state index >= 15 is 0 Å². The molecule has 11 nitrogen and oxygen atoms in total. The van der Waals surface area contributed by atoms with Crippen molar-refractivity contribution in [3.63, 3.8) is 0 Å². The first-order chi connectivity index (χ1) is 25.7. The highest BCUT2D eigenvalue weighted by Gasteiger charge is 2.44. The van der Waals surface area contributed by atoms with Gasteiger partial charge in [0, 0.05) is 0 Å². The average molecular weight is 758 g/mol. The van der Waals surface area contributed by atoms with Gasteiger partial charge in [-0.05, 0) is 38.5 Å². The number of rotatable bonds is 34. The molecule has 0 radical (unpaired) electrons. The minimum Gasteiger partial charge on any atom is -0.394 e.